The molecule has 0 heterocycles. The Labute approximate surface area is 105 Å². The molecule has 1 aromatic carbocycles. The number of halogens is 2. The molecule has 1 atom stereocenters. The molecular weight excluding hydrogens is 242 g/mol. The minimum atomic E-state index is -0.555. The highest BCUT2D eigenvalue weighted by atomic mass is 32.2. The van der Waals surface area contributed by atoms with Gasteiger partial charge in [0.2, 0.25) is 0 Å². The van der Waals surface area contributed by atoms with Crippen LogP contribution >= 0.6 is 11.8 Å². The Bertz CT molecular complexity index is 358. The summed E-state index contributed by atoms with van der Waals surface area (Å²) in [5.41, 5.74) is 3.15. The number of benzene rings is 1. The van der Waals surface area contributed by atoms with Gasteiger partial charge in [-0.3, -0.25) is 11.3 Å². The van der Waals surface area contributed by atoms with E-state index in [1.807, 2.05) is 0 Å². The van der Waals surface area contributed by atoms with Crippen LogP contribution in [0.2, 0.25) is 0 Å². The van der Waals surface area contributed by atoms with Crippen LogP contribution in [0.1, 0.15) is 19.4 Å². The van der Waals surface area contributed by atoms with Crippen molar-refractivity contribution in [3.05, 3.63) is 35.4 Å². The summed E-state index contributed by atoms with van der Waals surface area (Å²) in [7, 11) is 0. The van der Waals surface area contributed by atoms with Gasteiger partial charge in [-0.05, 0) is 23.3 Å². The second-order valence-electron chi connectivity index (χ2n) is 4.19. The van der Waals surface area contributed by atoms with Crippen LogP contribution in [0.3, 0.4) is 0 Å². The lowest BCUT2D eigenvalue weighted by Crippen LogP contribution is -2.39. The molecule has 0 bridgehead atoms. The molecule has 0 saturated heterocycles. The molecule has 96 valence electrons. The molecule has 0 aliphatic heterocycles. The lowest BCUT2D eigenvalue weighted by atomic mass is 10.1. The number of nitrogens with one attached hydrogen (secondary N) is 1. The van der Waals surface area contributed by atoms with Crippen LogP contribution in [0.25, 0.3) is 0 Å². The minimum Gasteiger partial charge on any atom is -0.271 e. The van der Waals surface area contributed by atoms with E-state index < -0.39 is 11.6 Å². The summed E-state index contributed by atoms with van der Waals surface area (Å²) >= 11 is 1.75. The maximum absolute atomic E-state index is 13.4. The fourth-order valence-electron chi connectivity index (χ4n) is 1.43. The summed E-state index contributed by atoms with van der Waals surface area (Å²) < 4.78 is 26.2. The summed E-state index contributed by atoms with van der Waals surface area (Å²) in [6.07, 6.45) is 0.461. The second kappa shape index (κ2) is 6.93. The molecular formula is C12H18F2N2S. The number of hydrazine groups is 1. The monoisotopic (exact) mass is 260 g/mol. The summed E-state index contributed by atoms with van der Waals surface area (Å²) in [5, 5.41) is 0.504. The van der Waals surface area contributed by atoms with Gasteiger partial charge in [0.25, 0.3) is 0 Å². The van der Waals surface area contributed by atoms with Gasteiger partial charge in [-0.25, -0.2) is 8.78 Å². The van der Waals surface area contributed by atoms with E-state index >= 15 is 0 Å². The van der Waals surface area contributed by atoms with Crippen molar-refractivity contribution in [3.63, 3.8) is 0 Å². The topological polar surface area (TPSA) is 38.0 Å². The third-order valence-corrected chi connectivity index (χ3v) is 3.61. The molecule has 0 aliphatic rings. The molecule has 0 amide bonds. The molecule has 1 rings (SSSR count). The molecule has 0 fully saturated rings. The van der Waals surface area contributed by atoms with E-state index in [0.717, 1.165) is 11.8 Å². The van der Waals surface area contributed by atoms with Gasteiger partial charge in [0.1, 0.15) is 11.6 Å². The van der Waals surface area contributed by atoms with Crippen molar-refractivity contribution in [1.82, 2.24) is 5.43 Å². The largest absolute Gasteiger partial charge is 0.271 e. The zero-order chi connectivity index (χ0) is 12.8. The van der Waals surface area contributed by atoms with Crippen LogP contribution in [0.5, 0.6) is 0 Å². The second-order valence-corrected chi connectivity index (χ2v) is 5.80. The predicted octanol–water partition coefficient (Wildman–Crippen LogP) is 2.48. The minimum absolute atomic E-state index is 0.0117. The van der Waals surface area contributed by atoms with E-state index in [1.165, 1.54) is 12.1 Å². The highest BCUT2D eigenvalue weighted by Gasteiger charge is 2.12. The van der Waals surface area contributed by atoms with Gasteiger partial charge in [0, 0.05) is 17.9 Å². The molecule has 5 heteroatoms. The van der Waals surface area contributed by atoms with Crippen molar-refractivity contribution in [3.8, 4) is 0 Å². The van der Waals surface area contributed by atoms with Crippen LogP contribution < -0.4 is 11.3 Å². The first-order valence-electron chi connectivity index (χ1n) is 5.54. The standard InChI is InChI=1S/C12H18F2N2S/c1-8(2)17-7-11(16-15)5-9-3-4-10(13)6-12(9)14/h3-4,6,8,11,16H,5,7,15H2,1-2H3. The van der Waals surface area contributed by atoms with Gasteiger partial charge in [0.15, 0.2) is 0 Å². The SMILES string of the molecule is CC(C)SCC(Cc1ccc(F)cc1F)NN. The van der Waals surface area contributed by atoms with Crippen LogP contribution in [-0.4, -0.2) is 17.0 Å². The summed E-state index contributed by atoms with van der Waals surface area (Å²) in [6, 6.07) is 3.62. The normalized spacial score (nSPS) is 13.1. The molecule has 0 aliphatic carbocycles. The third kappa shape index (κ3) is 5.02. The highest BCUT2D eigenvalue weighted by molar-refractivity contribution is 7.99. The van der Waals surface area contributed by atoms with Crippen molar-refractivity contribution in [2.75, 3.05) is 5.75 Å². The summed E-state index contributed by atoms with van der Waals surface area (Å²) in [5.74, 6) is 5.15. The van der Waals surface area contributed by atoms with Crippen LogP contribution in [0, 0.1) is 11.6 Å². The molecule has 17 heavy (non-hydrogen) atoms. The van der Waals surface area contributed by atoms with Crippen molar-refractivity contribution < 1.29 is 8.78 Å². The molecule has 2 nitrogen and oxygen atoms in total. The van der Waals surface area contributed by atoms with Gasteiger partial charge in [0.05, 0.1) is 0 Å². The maximum atomic E-state index is 13.4. The lowest BCUT2D eigenvalue weighted by Gasteiger charge is -2.17. The fraction of sp³-hybridized carbons (Fsp3) is 0.500. The van der Waals surface area contributed by atoms with Crippen molar-refractivity contribution in [2.24, 2.45) is 5.84 Å². The van der Waals surface area contributed by atoms with E-state index in [0.29, 0.717) is 17.2 Å². The van der Waals surface area contributed by atoms with Gasteiger partial charge >= 0.3 is 0 Å². The molecule has 3 N–H and O–H groups in total. The molecule has 0 radical (unpaired) electrons. The molecule has 0 spiro atoms. The Morgan fingerprint density at radius 3 is 2.59 bits per heavy atom. The van der Waals surface area contributed by atoms with Gasteiger partial charge < -0.3 is 0 Å². The number of hydrogen-bond acceptors (Lipinski definition) is 3. The van der Waals surface area contributed by atoms with Crippen molar-refractivity contribution in [2.45, 2.75) is 31.6 Å². The van der Waals surface area contributed by atoms with Crippen molar-refractivity contribution in [1.29, 1.82) is 0 Å². The van der Waals surface area contributed by atoms with Crippen LogP contribution in [-0.2, 0) is 6.42 Å². The van der Waals surface area contributed by atoms with E-state index in [9.17, 15) is 8.78 Å². The summed E-state index contributed by atoms with van der Waals surface area (Å²) in [6.45, 7) is 4.19. The van der Waals surface area contributed by atoms with Gasteiger partial charge in [-0.15, -0.1) is 0 Å². The van der Waals surface area contributed by atoms with Crippen LogP contribution in [0.15, 0.2) is 18.2 Å². The number of hydrogen-bond donors (Lipinski definition) is 2. The maximum Gasteiger partial charge on any atom is 0.129 e. The molecule has 0 aromatic heterocycles. The fourth-order valence-corrected chi connectivity index (χ4v) is 2.26. The van der Waals surface area contributed by atoms with Crippen LogP contribution in [0.4, 0.5) is 8.78 Å². The lowest BCUT2D eigenvalue weighted by molar-refractivity contribution is 0.535. The van der Waals surface area contributed by atoms with Crippen molar-refractivity contribution >= 4 is 11.8 Å². The Morgan fingerprint density at radius 2 is 2.06 bits per heavy atom. The van der Waals surface area contributed by atoms with Gasteiger partial charge in [-0.1, -0.05) is 19.9 Å². The molecule has 1 unspecified atom stereocenters. The zero-order valence-electron chi connectivity index (χ0n) is 10.0. The number of rotatable bonds is 6. The summed E-state index contributed by atoms with van der Waals surface area (Å²) in [4.78, 5) is 0. The average Bonchev–Trinajstić information content (AvgIpc) is 2.26. The predicted molar refractivity (Wildman–Crippen MR) is 68.8 cm³/mol. The quantitative estimate of drug-likeness (QED) is 0.609. The third-order valence-electron chi connectivity index (χ3n) is 2.35. The number of nitrogens with two attached hydrogens (primary N) is 1. The average molecular weight is 260 g/mol. The number of thioether (sulfide) groups is 1. The zero-order valence-corrected chi connectivity index (χ0v) is 10.9. The first kappa shape index (κ1) is 14.4. The Hall–Kier alpha value is -0.650. The van der Waals surface area contributed by atoms with Gasteiger partial charge in [-0.2, -0.15) is 11.8 Å². The first-order valence-corrected chi connectivity index (χ1v) is 6.59. The molecule has 1 aromatic rings. The Morgan fingerprint density at radius 1 is 1.35 bits per heavy atom. The smallest absolute Gasteiger partial charge is 0.129 e. The van der Waals surface area contributed by atoms with E-state index in [2.05, 4.69) is 19.3 Å². The highest BCUT2D eigenvalue weighted by Crippen LogP contribution is 2.16. The molecule has 0 saturated carbocycles. The Kier molecular flexibility index (Phi) is 5.88. The van der Waals surface area contributed by atoms with E-state index in [1.54, 1.807) is 11.8 Å². The van der Waals surface area contributed by atoms with E-state index in [4.69, 9.17) is 5.84 Å². The van der Waals surface area contributed by atoms with E-state index in [-0.39, 0.29) is 6.04 Å². The first-order chi connectivity index (χ1) is 8.02. The Balaban J connectivity index is 2.60.